The Morgan fingerprint density at radius 3 is 2.69 bits per heavy atom. The molecule has 2 aromatic carbocycles. The Morgan fingerprint density at radius 1 is 1.15 bits per heavy atom. The van der Waals surface area contributed by atoms with Crippen molar-refractivity contribution in [2.24, 2.45) is 0 Å². The molecular formula is C30H33FN2O5S. The number of pyridine rings is 1. The van der Waals surface area contributed by atoms with Crippen molar-refractivity contribution >= 4 is 28.3 Å². The van der Waals surface area contributed by atoms with E-state index in [1.54, 1.807) is 19.3 Å². The number of carbonyl (C=O) groups excluding carboxylic acids is 1. The number of fused-ring (bicyclic) bond motifs is 1. The number of rotatable bonds is 10. The van der Waals surface area contributed by atoms with Gasteiger partial charge >= 0.3 is 5.97 Å². The molecule has 0 aliphatic rings. The van der Waals surface area contributed by atoms with Crippen LogP contribution in [0.4, 0.5) is 4.39 Å². The molecule has 0 spiro atoms. The Kier molecular flexibility index (Phi) is 8.94. The van der Waals surface area contributed by atoms with Crippen LogP contribution in [0.3, 0.4) is 0 Å². The van der Waals surface area contributed by atoms with Crippen molar-refractivity contribution in [3.63, 3.8) is 0 Å². The molecule has 4 aromatic rings. The van der Waals surface area contributed by atoms with Crippen LogP contribution in [-0.2, 0) is 40.5 Å². The zero-order valence-corrected chi connectivity index (χ0v) is 23.6. The number of benzene rings is 2. The molecule has 2 heterocycles. The summed E-state index contributed by atoms with van der Waals surface area (Å²) in [4.78, 5) is 16.3. The van der Waals surface area contributed by atoms with E-state index in [0.717, 1.165) is 22.1 Å². The largest absolute Gasteiger partial charge is 0.598 e. The Labute approximate surface area is 231 Å². The second-order valence-corrected chi connectivity index (χ2v) is 12.2. The third kappa shape index (κ3) is 6.98. The summed E-state index contributed by atoms with van der Waals surface area (Å²) in [6.45, 7) is 9.77. The van der Waals surface area contributed by atoms with Crippen molar-refractivity contribution in [2.45, 2.75) is 58.9 Å². The number of hydrogen-bond acceptors (Lipinski definition) is 7. The molecule has 0 unspecified atom stereocenters. The highest BCUT2D eigenvalue weighted by molar-refractivity contribution is 7.90. The van der Waals surface area contributed by atoms with E-state index in [1.807, 2.05) is 64.1 Å². The second kappa shape index (κ2) is 12.2. The van der Waals surface area contributed by atoms with Gasteiger partial charge in [-0.15, -0.1) is 4.72 Å². The standard InChI is InChI=1S/C30H33FN2O5S/c1-6-36-27(34)16-21-8-7-19(2)13-26(21)38-18-20-14-22-10-12-37-29(22)24(15-20)23-9-11-32-25(28(23)31)17-33-39(35)30(3,4)5/h7-15,33H,6,16-18H2,1-5H3/t39-/m1/s1. The first-order valence-electron chi connectivity index (χ1n) is 12.7. The van der Waals surface area contributed by atoms with E-state index in [4.69, 9.17) is 13.9 Å². The molecule has 0 amide bonds. The SMILES string of the molecule is CCOC(=O)Cc1ccc(C)cc1OCc1cc(-c2ccnc(CN[S@+]([O-])C(C)(C)C)c2F)c2occc2c1. The van der Waals surface area contributed by atoms with Crippen LogP contribution < -0.4 is 9.46 Å². The monoisotopic (exact) mass is 552 g/mol. The Hall–Kier alpha value is -3.40. The molecule has 39 heavy (non-hydrogen) atoms. The van der Waals surface area contributed by atoms with Gasteiger partial charge in [0, 0.05) is 39.6 Å². The van der Waals surface area contributed by atoms with Gasteiger partial charge in [-0.05, 0) is 76.1 Å². The number of aromatic nitrogens is 1. The van der Waals surface area contributed by atoms with E-state index >= 15 is 4.39 Å². The van der Waals surface area contributed by atoms with Crippen LogP contribution in [0.15, 0.2) is 59.3 Å². The summed E-state index contributed by atoms with van der Waals surface area (Å²) in [6.07, 6.45) is 3.20. The highest BCUT2D eigenvalue weighted by Crippen LogP contribution is 2.34. The average Bonchev–Trinajstić information content (AvgIpc) is 3.36. The van der Waals surface area contributed by atoms with Gasteiger partial charge in [-0.1, -0.05) is 12.1 Å². The number of furan rings is 1. The molecule has 0 radical (unpaired) electrons. The number of esters is 1. The van der Waals surface area contributed by atoms with E-state index in [0.29, 0.717) is 29.1 Å². The smallest absolute Gasteiger partial charge is 0.310 e. The van der Waals surface area contributed by atoms with Gasteiger partial charge in [-0.2, -0.15) is 0 Å². The molecule has 7 nitrogen and oxygen atoms in total. The van der Waals surface area contributed by atoms with Crippen LogP contribution >= 0.6 is 0 Å². The predicted octanol–water partition coefficient (Wildman–Crippen LogP) is 6.18. The average molecular weight is 553 g/mol. The summed E-state index contributed by atoms with van der Waals surface area (Å²) in [5.41, 5.74) is 4.11. The molecule has 0 aliphatic carbocycles. The molecule has 2 aromatic heterocycles. The zero-order valence-electron chi connectivity index (χ0n) is 22.8. The Morgan fingerprint density at radius 2 is 1.95 bits per heavy atom. The molecule has 4 rings (SSSR count). The Balaban J connectivity index is 1.62. The van der Waals surface area contributed by atoms with Crippen LogP contribution in [0.25, 0.3) is 22.1 Å². The highest BCUT2D eigenvalue weighted by Gasteiger charge is 2.27. The highest BCUT2D eigenvalue weighted by atomic mass is 32.2. The summed E-state index contributed by atoms with van der Waals surface area (Å²) >= 11 is -1.37. The lowest BCUT2D eigenvalue weighted by atomic mass is 10.00. The fourth-order valence-electron chi connectivity index (χ4n) is 4.07. The molecule has 9 heteroatoms. The first-order valence-corrected chi connectivity index (χ1v) is 13.9. The maximum atomic E-state index is 15.7. The van der Waals surface area contributed by atoms with Crippen LogP contribution in [0, 0.1) is 12.7 Å². The van der Waals surface area contributed by atoms with Crippen molar-refractivity contribution in [3.05, 3.63) is 83.1 Å². The van der Waals surface area contributed by atoms with Crippen LogP contribution in [-0.4, -0.2) is 26.9 Å². The van der Waals surface area contributed by atoms with Gasteiger partial charge in [0.25, 0.3) is 0 Å². The number of carbonyl (C=O) groups is 1. The van der Waals surface area contributed by atoms with Gasteiger partial charge in [0.1, 0.15) is 22.7 Å². The summed E-state index contributed by atoms with van der Waals surface area (Å²) < 4.78 is 47.4. The van der Waals surface area contributed by atoms with Crippen LogP contribution in [0.1, 0.15) is 50.1 Å². The summed E-state index contributed by atoms with van der Waals surface area (Å²) in [7, 11) is 0. The minimum absolute atomic E-state index is 0.0181. The zero-order chi connectivity index (χ0) is 28.2. The van der Waals surface area contributed by atoms with E-state index in [9.17, 15) is 9.35 Å². The van der Waals surface area contributed by atoms with Crippen molar-refractivity contribution in [1.82, 2.24) is 9.71 Å². The van der Waals surface area contributed by atoms with Crippen LogP contribution in [0.5, 0.6) is 5.75 Å². The maximum Gasteiger partial charge on any atom is 0.310 e. The first-order chi connectivity index (χ1) is 18.6. The van der Waals surface area contributed by atoms with Crippen molar-refractivity contribution in [3.8, 4) is 16.9 Å². The number of hydrogen-bond donors (Lipinski definition) is 1. The molecule has 0 aliphatic heterocycles. The predicted molar refractivity (Wildman–Crippen MR) is 150 cm³/mol. The maximum absolute atomic E-state index is 15.7. The van der Waals surface area contributed by atoms with E-state index in [2.05, 4.69) is 9.71 Å². The van der Waals surface area contributed by atoms with Crippen molar-refractivity contribution in [1.29, 1.82) is 0 Å². The molecular weight excluding hydrogens is 519 g/mol. The van der Waals surface area contributed by atoms with Crippen molar-refractivity contribution in [2.75, 3.05) is 6.61 Å². The first kappa shape index (κ1) is 28.6. The van der Waals surface area contributed by atoms with Gasteiger partial charge in [0.2, 0.25) is 0 Å². The lowest BCUT2D eigenvalue weighted by Gasteiger charge is -2.23. The number of halogens is 1. The fourth-order valence-corrected chi connectivity index (χ4v) is 4.77. The van der Waals surface area contributed by atoms with Gasteiger partial charge in [-0.3, -0.25) is 9.78 Å². The molecule has 0 fully saturated rings. The summed E-state index contributed by atoms with van der Waals surface area (Å²) in [5.74, 6) is -0.243. The lowest BCUT2D eigenvalue weighted by molar-refractivity contribution is -0.142. The topological polar surface area (TPSA) is 96.7 Å². The van der Waals surface area contributed by atoms with E-state index < -0.39 is 21.9 Å². The van der Waals surface area contributed by atoms with Crippen molar-refractivity contribution < 1.29 is 27.6 Å². The summed E-state index contributed by atoms with van der Waals surface area (Å²) in [5, 5.41) is 0.798. The molecule has 1 N–H and O–H groups in total. The lowest BCUT2D eigenvalue weighted by Crippen LogP contribution is -2.39. The molecule has 0 saturated heterocycles. The third-order valence-corrected chi connectivity index (χ3v) is 7.57. The third-order valence-electron chi connectivity index (χ3n) is 6.05. The van der Waals surface area contributed by atoms with Gasteiger partial charge in [-0.25, -0.2) is 4.39 Å². The molecule has 0 saturated carbocycles. The second-order valence-electron chi connectivity index (χ2n) is 10.2. The Bertz CT molecular complexity index is 1460. The normalized spacial score (nSPS) is 12.5. The minimum atomic E-state index is -1.37. The number of nitrogens with one attached hydrogen (secondary N) is 1. The van der Waals surface area contributed by atoms with Gasteiger partial charge in [0.05, 0.1) is 31.5 Å². The van der Waals surface area contributed by atoms with Gasteiger partial charge in [0.15, 0.2) is 5.82 Å². The summed E-state index contributed by atoms with van der Waals surface area (Å²) in [6, 6.07) is 12.8. The van der Waals surface area contributed by atoms with E-state index in [1.165, 1.54) is 6.20 Å². The molecule has 206 valence electrons. The van der Waals surface area contributed by atoms with Crippen LogP contribution in [0.2, 0.25) is 0 Å². The van der Waals surface area contributed by atoms with E-state index in [-0.39, 0.29) is 31.2 Å². The number of ether oxygens (including phenoxy) is 2. The number of aryl methyl sites for hydroxylation is 1. The minimum Gasteiger partial charge on any atom is -0.598 e. The molecule has 0 bridgehead atoms. The number of nitrogens with zero attached hydrogens (tertiary/aromatic N) is 1. The fraction of sp³-hybridized carbons (Fsp3) is 0.333. The van der Waals surface area contributed by atoms with Gasteiger partial charge < -0.3 is 18.4 Å². The quantitative estimate of drug-likeness (QED) is 0.185. The molecule has 1 atom stereocenters.